The van der Waals surface area contributed by atoms with Gasteiger partial charge in [0, 0.05) is 23.8 Å². The van der Waals surface area contributed by atoms with Gasteiger partial charge in [-0.2, -0.15) is 0 Å². The molecule has 0 aliphatic carbocycles. The van der Waals surface area contributed by atoms with Crippen LogP contribution < -0.4 is 24.4 Å². The minimum atomic E-state index is -4.78. The fourth-order valence-electron chi connectivity index (χ4n) is 3.56. The second-order valence-corrected chi connectivity index (χ2v) is 7.78. The summed E-state index contributed by atoms with van der Waals surface area (Å²) < 4.78 is 52.4. The summed E-state index contributed by atoms with van der Waals surface area (Å²) in [6, 6.07) is 8.53. The van der Waals surface area contributed by atoms with Gasteiger partial charge in [0.05, 0.1) is 7.11 Å². The number of nitrogens with zero attached hydrogens (tertiary/aromatic N) is 1. The number of aryl methyl sites for hydroxylation is 1. The zero-order chi connectivity index (χ0) is 24.2. The molecule has 2 amide bonds. The Labute approximate surface area is 189 Å². The van der Waals surface area contributed by atoms with Crippen LogP contribution in [0.3, 0.4) is 0 Å². The highest BCUT2D eigenvalue weighted by atomic mass is 19.4. The van der Waals surface area contributed by atoms with E-state index >= 15 is 0 Å². The molecule has 0 spiro atoms. The lowest BCUT2D eigenvalue weighted by molar-refractivity contribution is -0.274. The summed E-state index contributed by atoms with van der Waals surface area (Å²) in [4.78, 5) is 26.5. The fraction of sp³-hybridized carbons (Fsp3) is 0.391. The standard InChI is InChI=1S/C23H25F3N2O5/c1-14(2)27-21(29)13-32-19-9-6-16(12-20(19)31-3)22(30)28-10-4-5-15-11-17(7-8-18(15)28)33-23(24,25)26/h6-9,11-12,14H,4-5,10,13H2,1-3H3,(H,27,29). The number of anilines is 1. The van der Waals surface area contributed by atoms with E-state index in [2.05, 4.69) is 10.1 Å². The number of amides is 2. The van der Waals surface area contributed by atoms with Gasteiger partial charge in [-0.3, -0.25) is 9.59 Å². The Morgan fingerprint density at radius 1 is 1.12 bits per heavy atom. The molecule has 1 aliphatic rings. The van der Waals surface area contributed by atoms with Gasteiger partial charge >= 0.3 is 6.36 Å². The van der Waals surface area contributed by atoms with E-state index in [9.17, 15) is 22.8 Å². The summed E-state index contributed by atoms with van der Waals surface area (Å²) >= 11 is 0. The Morgan fingerprint density at radius 3 is 2.55 bits per heavy atom. The van der Waals surface area contributed by atoms with E-state index in [1.54, 1.807) is 12.1 Å². The van der Waals surface area contributed by atoms with Gasteiger partial charge in [0.2, 0.25) is 0 Å². The van der Waals surface area contributed by atoms with Crippen LogP contribution in [0.5, 0.6) is 17.2 Å². The third kappa shape index (κ3) is 6.30. The Bertz CT molecular complexity index is 1020. The van der Waals surface area contributed by atoms with Crippen LogP contribution in [-0.4, -0.2) is 44.5 Å². The monoisotopic (exact) mass is 466 g/mol. The smallest absolute Gasteiger partial charge is 0.493 e. The molecule has 0 unspecified atom stereocenters. The minimum Gasteiger partial charge on any atom is -0.493 e. The molecule has 0 aromatic heterocycles. The molecule has 0 bridgehead atoms. The summed E-state index contributed by atoms with van der Waals surface area (Å²) in [5.41, 5.74) is 1.44. The molecular weight excluding hydrogens is 441 g/mol. The highest BCUT2D eigenvalue weighted by Gasteiger charge is 2.32. The molecule has 3 rings (SSSR count). The number of carbonyl (C=O) groups excluding carboxylic acids is 2. The number of ether oxygens (including phenoxy) is 3. The molecule has 0 saturated carbocycles. The lowest BCUT2D eigenvalue weighted by atomic mass is 10.00. The maximum Gasteiger partial charge on any atom is 0.573 e. The number of methoxy groups -OCH3 is 1. The Morgan fingerprint density at radius 2 is 1.88 bits per heavy atom. The molecule has 2 aromatic rings. The zero-order valence-electron chi connectivity index (χ0n) is 18.5. The van der Waals surface area contributed by atoms with E-state index in [4.69, 9.17) is 9.47 Å². The van der Waals surface area contributed by atoms with Gasteiger partial charge in [0.25, 0.3) is 11.8 Å². The molecular formula is C23H25F3N2O5. The van der Waals surface area contributed by atoms with Gasteiger partial charge in [-0.15, -0.1) is 13.2 Å². The number of halogens is 3. The highest BCUT2D eigenvalue weighted by Crippen LogP contribution is 2.35. The van der Waals surface area contributed by atoms with Gasteiger partial charge in [-0.1, -0.05) is 0 Å². The minimum absolute atomic E-state index is 0.0217. The number of carbonyl (C=O) groups is 2. The molecule has 1 heterocycles. The van der Waals surface area contributed by atoms with E-state index in [1.807, 2.05) is 13.8 Å². The SMILES string of the molecule is COc1cc(C(=O)N2CCCc3cc(OC(F)(F)F)ccc32)ccc1OCC(=O)NC(C)C. The normalized spacial score (nSPS) is 13.4. The van der Waals surface area contributed by atoms with Crippen molar-refractivity contribution in [3.63, 3.8) is 0 Å². The van der Waals surface area contributed by atoms with Crippen molar-refractivity contribution in [3.8, 4) is 17.2 Å². The molecule has 33 heavy (non-hydrogen) atoms. The number of fused-ring (bicyclic) bond motifs is 1. The average molecular weight is 466 g/mol. The molecule has 0 saturated heterocycles. The van der Waals surface area contributed by atoms with Crippen LogP contribution in [0.25, 0.3) is 0 Å². The number of alkyl halides is 3. The predicted molar refractivity (Wildman–Crippen MR) is 115 cm³/mol. The molecule has 1 aliphatic heterocycles. The van der Waals surface area contributed by atoms with Crippen LogP contribution in [-0.2, 0) is 11.2 Å². The first kappa shape index (κ1) is 24.2. The van der Waals surface area contributed by atoms with Crippen molar-refractivity contribution < 1.29 is 37.0 Å². The second-order valence-electron chi connectivity index (χ2n) is 7.78. The molecule has 178 valence electrons. The number of hydrogen-bond donors (Lipinski definition) is 1. The predicted octanol–water partition coefficient (Wildman–Crippen LogP) is 4.09. The summed E-state index contributed by atoms with van der Waals surface area (Å²) in [5, 5.41) is 2.71. The topological polar surface area (TPSA) is 77.1 Å². The van der Waals surface area contributed by atoms with Crippen molar-refractivity contribution in [2.24, 2.45) is 0 Å². The van der Waals surface area contributed by atoms with Gasteiger partial charge in [0.15, 0.2) is 18.1 Å². The average Bonchev–Trinajstić information content (AvgIpc) is 2.75. The lowest BCUT2D eigenvalue weighted by Crippen LogP contribution is -2.35. The van der Waals surface area contributed by atoms with Crippen molar-refractivity contribution in [3.05, 3.63) is 47.5 Å². The van der Waals surface area contributed by atoms with Crippen LogP contribution in [0, 0.1) is 0 Å². The summed E-state index contributed by atoms with van der Waals surface area (Å²) in [6.45, 7) is 3.88. The molecule has 0 atom stereocenters. The Hall–Kier alpha value is -3.43. The van der Waals surface area contributed by atoms with Crippen molar-refractivity contribution in [1.29, 1.82) is 0 Å². The molecule has 0 fully saturated rings. The molecule has 2 aromatic carbocycles. The van der Waals surface area contributed by atoms with E-state index < -0.39 is 6.36 Å². The van der Waals surface area contributed by atoms with Crippen LogP contribution in [0.2, 0.25) is 0 Å². The number of nitrogens with one attached hydrogen (secondary N) is 1. The number of benzene rings is 2. The molecule has 1 N–H and O–H groups in total. The quantitative estimate of drug-likeness (QED) is 0.665. The molecule has 7 nitrogen and oxygen atoms in total. The van der Waals surface area contributed by atoms with Crippen LogP contribution in [0.15, 0.2) is 36.4 Å². The number of rotatable bonds is 7. The van der Waals surface area contributed by atoms with Gasteiger partial charge in [-0.05, 0) is 68.7 Å². The zero-order valence-corrected chi connectivity index (χ0v) is 18.5. The molecule has 10 heteroatoms. The van der Waals surface area contributed by atoms with Crippen molar-refractivity contribution in [2.75, 3.05) is 25.2 Å². The van der Waals surface area contributed by atoms with Crippen molar-refractivity contribution >= 4 is 17.5 Å². The van der Waals surface area contributed by atoms with Gasteiger partial charge in [0.1, 0.15) is 5.75 Å². The molecule has 0 radical (unpaired) electrons. The summed E-state index contributed by atoms with van der Waals surface area (Å²) in [7, 11) is 1.42. The fourth-order valence-corrected chi connectivity index (χ4v) is 3.56. The lowest BCUT2D eigenvalue weighted by Gasteiger charge is -2.30. The first-order valence-electron chi connectivity index (χ1n) is 10.4. The van der Waals surface area contributed by atoms with Gasteiger partial charge < -0.3 is 24.4 Å². The Kier molecular flexibility index (Phi) is 7.35. The largest absolute Gasteiger partial charge is 0.573 e. The first-order chi connectivity index (χ1) is 15.6. The van der Waals surface area contributed by atoms with Crippen LogP contribution in [0.4, 0.5) is 18.9 Å². The third-order valence-corrected chi connectivity index (χ3v) is 4.87. The third-order valence-electron chi connectivity index (χ3n) is 4.87. The van der Waals surface area contributed by atoms with E-state index in [-0.39, 0.29) is 36.0 Å². The summed E-state index contributed by atoms with van der Waals surface area (Å²) in [5.74, 6) is -0.348. The van der Waals surface area contributed by atoms with Crippen LogP contribution in [0.1, 0.15) is 36.2 Å². The van der Waals surface area contributed by atoms with Crippen molar-refractivity contribution in [2.45, 2.75) is 39.1 Å². The first-order valence-corrected chi connectivity index (χ1v) is 10.4. The Balaban J connectivity index is 1.78. The number of hydrogen-bond acceptors (Lipinski definition) is 5. The van der Waals surface area contributed by atoms with Crippen molar-refractivity contribution in [1.82, 2.24) is 5.32 Å². The van der Waals surface area contributed by atoms with E-state index in [0.29, 0.717) is 42.0 Å². The summed E-state index contributed by atoms with van der Waals surface area (Å²) in [6.07, 6.45) is -3.66. The maximum absolute atomic E-state index is 13.2. The van der Waals surface area contributed by atoms with Gasteiger partial charge in [-0.25, -0.2) is 0 Å². The van der Waals surface area contributed by atoms with E-state index in [1.165, 1.54) is 36.3 Å². The maximum atomic E-state index is 13.2. The highest BCUT2D eigenvalue weighted by molar-refractivity contribution is 6.07. The van der Waals surface area contributed by atoms with Crippen LogP contribution >= 0.6 is 0 Å². The van der Waals surface area contributed by atoms with E-state index in [0.717, 1.165) is 0 Å². The second kappa shape index (κ2) is 10.0.